The molecule has 1 aliphatic rings. The molecule has 1 aromatic carbocycles. The zero-order chi connectivity index (χ0) is 19.2. The van der Waals surface area contributed by atoms with E-state index in [4.69, 9.17) is 5.73 Å². The van der Waals surface area contributed by atoms with Gasteiger partial charge in [0.2, 0.25) is 0 Å². The number of hydrogen-bond donors (Lipinski definition) is 2. The lowest BCUT2D eigenvalue weighted by Gasteiger charge is -2.27. The van der Waals surface area contributed by atoms with Gasteiger partial charge in [-0.05, 0) is 37.1 Å². The van der Waals surface area contributed by atoms with Crippen LogP contribution in [0.4, 0.5) is 11.4 Å². The van der Waals surface area contributed by atoms with Gasteiger partial charge in [0.25, 0.3) is 11.8 Å². The molecule has 0 aliphatic heterocycles. The Morgan fingerprint density at radius 1 is 1.22 bits per heavy atom. The SMILES string of the molecule is C=CCN(C(=O)c1ccc(C(=O)Nc2ccccc2N)cn1)C1CCCC1. The Kier molecular flexibility index (Phi) is 5.86. The third-order valence-electron chi connectivity index (χ3n) is 4.81. The summed E-state index contributed by atoms with van der Waals surface area (Å²) in [6.45, 7) is 4.26. The molecule has 3 rings (SSSR count). The van der Waals surface area contributed by atoms with Crippen LogP contribution in [0.3, 0.4) is 0 Å². The van der Waals surface area contributed by atoms with Gasteiger partial charge in [0.1, 0.15) is 5.69 Å². The molecule has 6 heteroatoms. The maximum atomic E-state index is 12.8. The fourth-order valence-electron chi connectivity index (χ4n) is 3.36. The Hall–Kier alpha value is -3.15. The average molecular weight is 364 g/mol. The fraction of sp³-hybridized carbons (Fsp3) is 0.286. The molecule has 0 bridgehead atoms. The van der Waals surface area contributed by atoms with Gasteiger partial charge in [-0.25, -0.2) is 0 Å². The molecule has 1 aliphatic carbocycles. The first kappa shape index (κ1) is 18.6. The first-order valence-corrected chi connectivity index (χ1v) is 9.14. The summed E-state index contributed by atoms with van der Waals surface area (Å²) in [6, 6.07) is 10.5. The molecule has 3 N–H and O–H groups in total. The summed E-state index contributed by atoms with van der Waals surface area (Å²) in [5.74, 6) is -0.445. The minimum atomic E-state index is -0.321. The van der Waals surface area contributed by atoms with Crippen LogP contribution in [0.5, 0.6) is 0 Å². The third-order valence-corrected chi connectivity index (χ3v) is 4.81. The van der Waals surface area contributed by atoms with Gasteiger partial charge in [-0.15, -0.1) is 6.58 Å². The molecule has 2 aromatic rings. The molecule has 0 spiro atoms. The lowest BCUT2D eigenvalue weighted by Crippen LogP contribution is -2.39. The number of carbonyl (C=O) groups is 2. The van der Waals surface area contributed by atoms with Crippen LogP contribution in [0.15, 0.2) is 55.3 Å². The maximum absolute atomic E-state index is 12.8. The van der Waals surface area contributed by atoms with E-state index in [1.165, 1.54) is 6.20 Å². The van der Waals surface area contributed by atoms with Crippen molar-refractivity contribution < 1.29 is 9.59 Å². The largest absolute Gasteiger partial charge is 0.397 e. The minimum Gasteiger partial charge on any atom is -0.397 e. The van der Waals surface area contributed by atoms with Crippen LogP contribution >= 0.6 is 0 Å². The highest BCUT2D eigenvalue weighted by Crippen LogP contribution is 2.24. The molecule has 27 heavy (non-hydrogen) atoms. The van der Waals surface area contributed by atoms with Crippen molar-refractivity contribution in [1.29, 1.82) is 0 Å². The second kappa shape index (κ2) is 8.49. The molecular formula is C21H24N4O2. The van der Waals surface area contributed by atoms with E-state index in [-0.39, 0.29) is 17.9 Å². The predicted molar refractivity (Wildman–Crippen MR) is 107 cm³/mol. The topological polar surface area (TPSA) is 88.3 Å². The van der Waals surface area contributed by atoms with E-state index in [0.29, 0.717) is 29.2 Å². The summed E-state index contributed by atoms with van der Waals surface area (Å²) in [4.78, 5) is 31.3. The first-order valence-electron chi connectivity index (χ1n) is 9.14. The highest BCUT2D eigenvalue weighted by Gasteiger charge is 2.27. The number of hydrogen-bond acceptors (Lipinski definition) is 4. The number of carbonyl (C=O) groups excluding carboxylic acids is 2. The number of para-hydroxylation sites is 2. The van der Waals surface area contributed by atoms with Crippen LogP contribution in [0.1, 0.15) is 46.5 Å². The summed E-state index contributed by atoms with van der Waals surface area (Å²) >= 11 is 0. The summed E-state index contributed by atoms with van der Waals surface area (Å²) in [5.41, 5.74) is 7.57. The van der Waals surface area contributed by atoms with Crippen LogP contribution < -0.4 is 11.1 Å². The monoisotopic (exact) mass is 364 g/mol. The lowest BCUT2D eigenvalue weighted by atomic mass is 10.1. The van der Waals surface area contributed by atoms with Gasteiger partial charge in [-0.3, -0.25) is 14.6 Å². The molecule has 6 nitrogen and oxygen atoms in total. The average Bonchev–Trinajstić information content (AvgIpc) is 3.22. The Morgan fingerprint density at radius 2 is 1.96 bits per heavy atom. The third kappa shape index (κ3) is 4.34. The van der Waals surface area contributed by atoms with Crippen molar-refractivity contribution in [3.8, 4) is 0 Å². The maximum Gasteiger partial charge on any atom is 0.272 e. The number of amides is 2. The van der Waals surface area contributed by atoms with Gasteiger partial charge in [0, 0.05) is 18.8 Å². The van der Waals surface area contributed by atoms with Crippen molar-refractivity contribution in [3.63, 3.8) is 0 Å². The smallest absolute Gasteiger partial charge is 0.272 e. The number of nitrogens with zero attached hydrogens (tertiary/aromatic N) is 2. The molecule has 1 fully saturated rings. The standard InChI is InChI=1S/C21H24N4O2/c1-2-13-25(16-7-3-4-8-16)21(27)19-12-11-15(14-23-19)20(26)24-18-10-6-5-9-17(18)22/h2,5-6,9-12,14,16H,1,3-4,7-8,13,22H2,(H,24,26). The van der Waals surface area contributed by atoms with E-state index in [9.17, 15) is 9.59 Å². The molecule has 0 unspecified atom stereocenters. The van der Waals surface area contributed by atoms with Crippen molar-refractivity contribution in [2.24, 2.45) is 0 Å². The van der Waals surface area contributed by atoms with E-state index in [2.05, 4.69) is 16.9 Å². The summed E-state index contributed by atoms with van der Waals surface area (Å²) in [7, 11) is 0. The highest BCUT2D eigenvalue weighted by molar-refractivity contribution is 6.05. The number of pyridine rings is 1. The Labute approximate surface area is 159 Å². The minimum absolute atomic E-state index is 0.124. The molecular weight excluding hydrogens is 340 g/mol. The summed E-state index contributed by atoms with van der Waals surface area (Å²) < 4.78 is 0. The van der Waals surface area contributed by atoms with E-state index in [1.54, 1.807) is 42.5 Å². The fourth-order valence-corrected chi connectivity index (χ4v) is 3.36. The van der Waals surface area contributed by atoms with Gasteiger partial charge in [-0.2, -0.15) is 0 Å². The van der Waals surface area contributed by atoms with Gasteiger partial charge in [0.05, 0.1) is 16.9 Å². The second-order valence-electron chi connectivity index (χ2n) is 6.66. The molecule has 0 radical (unpaired) electrons. The zero-order valence-corrected chi connectivity index (χ0v) is 15.2. The highest BCUT2D eigenvalue weighted by atomic mass is 16.2. The van der Waals surface area contributed by atoms with Crippen molar-refractivity contribution in [2.45, 2.75) is 31.7 Å². The van der Waals surface area contributed by atoms with Gasteiger partial charge in [-0.1, -0.05) is 31.1 Å². The number of rotatable bonds is 6. The van der Waals surface area contributed by atoms with Gasteiger partial charge < -0.3 is 16.0 Å². The van der Waals surface area contributed by atoms with E-state index >= 15 is 0 Å². The molecule has 0 atom stereocenters. The first-order chi connectivity index (χ1) is 13.1. The molecule has 1 saturated carbocycles. The van der Waals surface area contributed by atoms with Crippen molar-refractivity contribution in [3.05, 3.63) is 66.5 Å². The molecule has 1 heterocycles. The number of benzene rings is 1. The van der Waals surface area contributed by atoms with Crippen molar-refractivity contribution in [1.82, 2.24) is 9.88 Å². The van der Waals surface area contributed by atoms with E-state index in [1.807, 2.05) is 4.90 Å². The Morgan fingerprint density at radius 3 is 2.59 bits per heavy atom. The van der Waals surface area contributed by atoms with Gasteiger partial charge in [0.15, 0.2) is 0 Å². The number of aromatic nitrogens is 1. The molecule has 140 valence electrons. The van der Waals surface area contributed by atoms with Crippen LogP contribution in [0, 0.1) is 0 Å². The molecule has 1 aromatic heterocycles. The van der Waals surface area contributed by atoms with E-state index < -0.39 is 0 Å². The van der Waals surface area contributed by atoms with Crippen molar-refractivity contribution in [2.75, 3.05) is 17.6 Å². The predicted octanol–water partition coefficient (Wildman–Crippen LogP) is 3.49. The van der Waals surface area contributed by atoms with Crippen LogP contribution in [0.25, 0.3) is 0 Å². The van der Waals surface area contributed by atoms with Gasteiger partial charge >= 0.3 is 0 Å². The van der Waals surface area contributed by atoms with Crippen LogP contribution in [-0.2, 0) is 0 Å². The summed E-state index contributed by atoms with van der Waals surface area (Å²) in [5, 5.41) is 2.75. The number of anilines is 2. The number of nitrogens with one attached hydrogen (secondary N) is 1. The van der Waals surface area contributed by atoms with Crippen LogP contribution in [0.2, 0.25) is 0 Å². The molecule has 0 saturated heterocycles. The van der Waals surface area contributed by atoms with Crippen LogP contribution in [-0.4, -0.2) is 34.3 Å². The quantitative estimate of drug-likeness (QED) is 0.607. The molecule has 2 amide bonds. The Bertz CT molecular complexity index is 826. The Balaban J connectivity index is 1.72. The lowest BCUT2D eigenvalue weighted by molar-refractivity contribution is 0.0700. The second-order valence-corrected chi connectivity index (χ2v) is 6.66. The zero-order valence-electron chi connectivity index (χ0n) is 15.2. The van der Waals surface area contributed by atoms with Crippen molar-refractivity contribution >= 4 is 23.2 Å². The number of nitrogen functional groups attached to an aromatic ring is 1. The summed E-state index contributed by atoms with van der Waals surface area (Å²) in [6.07, 6.45) is 7.46. The number of nitrogens with two attached hydrogens (primary N) is 1. The van der Waals surface area contributed by atoms with E-state index in [0.717, 1.165) is 25.7 Å². The normalized spacial score (nSPS) is 13.9.